The maximum atomic E-state index is 13.4. The molecule has 9 heteroatoms. The van der Waals surface area contributed by atoms with E-state index >= 15 is 0 Å². The van der Waals surface area contributed by atoms with E-state index in [1.165, 1.54) is 23.5 Å². The Bertz CT molecular complexity index is 1210. The smallest absolute Gasteiger partial charge is 0.255 e. The zero-order chi connectivity index (χ0) is 24.5. The van der Waals surface area contributed by atoms with Crippen molar-refractivity contribution in [3.63, 3.8) is 0 Å². The van der Waals surface area contributed by atoms with Crippen LogP contribution in [0.15, 0.2) is 41.3 Å². The summed E-state index contributed by atoms with van der Waals surface area (Å²) in [6.45, 7) is 4.95. The van der Waals surface area contributed by atoms with Crippen molar-refractivity contribution in [1.82, 2.24) is 4.31 Å². The molecule has 8 nitrogen and oxygen atoms in total. The van der Waals surface area contributed by atoms with Gasteiger partial charge in [0.2, 0.25) is 15.9 Å². The second kappa shape index (κ2) is 9.76. The van der Waals surface area contributed by atoms with Crippen LogP contribution in [0.3, 0.4) is 0 Å². The number of nitrogens with zero attached hydrogens (tertiary/aromatic N) is 2. The van der Waals surface area contributed by atoms with Gasteiger partial charge in [-0.2, -0.15) is 4.31 Å². The average molecular weight is 486 g/mol. The highest BCUT2D eigenvalue weighted by Crippen LogP contribution is 2.32. The fourth-order valence-electron chi connectivity index (χ4n) is 4.72. The molecule has 4 rings (SSSR count). The zero-order valence-electron chi connectivity index (χ0n) is 19.8. The van der Waals surface area contributed by atoms with Gasteiger partial charge in [-0.1, -0.05) is 6.42 Å². The summed E-state index contributed by atoms with van der Waals surface area (Å²) < 4.78 is 33.7. The van der Waals surface area contributed by atoms with Crippen LogP contribution in [0.5, 0.6) is 5.75 Å². The van der Waals surface area contributed by atoms with E-state index in [1.807, 2.05) is 26.0 Å². The number of carbonyl (C=O) groups is 2. The molecule has 2 aromatic carbocycles. The summed E-state index contributed by atoms with van der Waals surface area (Å²) >= 11 is 0. The van der Waals surface area contributed by atoms with Crippen molar-refractivity contribution in [3.8, 4) is 5.75 Å². The molecule has 1 atom stereocenters. The van der Waals surface area contributed by atoms with Crippen molar-refractivity contribution in [1.29, 1.82) is 0 Å². The molecule has 1 N–H and O–H groups in total. The summed E-state index contributed by atoms with van der Waals surface area (Å²) in [6, 6.07) is 9.74. The van der Waals surface area contributed by atoms with Gasteiger partial charge in [0, 0.05) is 42.5 Å². The van der Waals surface area contributed by atoms with Crippen LogP contribution < -0.4 is 15.0 Å². The van der Waals surface area contributed by atoms with Crippen molar-refractivity contribution in [2.24, 2.45) is 0 Å². The molecular weight excluding hydrogens is 454 g/mol. The lowest BCUT2D eigenvalue weighted by molar-refractivity contribution is -0.117. The number of hydrogen-bond acceptors (Lipinski definition) is 5. The van der Waals surface area contributed by atoms with Gasteiger partial charge in [0.1, 0.15) is 10.6 Å². The largest absolute Gasteiger partial charge is 0.495 e. The van der Waals surface area contributed by atoms with Crippen molar-refractivity contribution >= 4 is 33.2 Å². The number of aryl methyl sites for hydroxylation is 1. The van der Waals surface area contributed by atoms with E-state index in [0.717, 1.165) is 36.9 Å². The van der Waals surface area contributed by atoms with Crippen molar-refractivity contribution in [2.45, 2.75) is 56.9 Å². The van der Waals surface area contributed by atoms with Gasteiger partial charge in [0.15, 0.2) is 0 Å². The molecule has 1 unspecified atom stereocenters. The Kier molecular flexibility index (Phi) is 6.95. The quantitative estimate of drug-likeness (QED) is 0.669. The summed E-state index contributed by atoms with van der Waals surface area (Å²) in [6.07, 6.45) is 4.01. The third-order valence-electron chi connectivity index (χ3n) is 6.57. The lowest BCUT2D eigenvalue weighted by Crippen LogP contribution is -2.42. The summed E-state index contributed by atoms with van der Waals surface area (Å²) in [5, 5.41) is 2.84. The number of anilines is 2. The molecule has 0 saturated carbocycles. The first-order chi connectivity index (χ1) is 16.2. The van der Waals surface area contributed by atoms with Gasteiger partial charge in [-0.25, -0.2) is 8.42 Å². The molecule has 2 heterocycles. The molecule has 0 bridgehead atoms. The number of amides is 2. The van der Waals surface area contributed by atoms with Gasteiger partial charge < -0.3 is 15.0 Å². The van der Waals surface area contributed by atoms with Crippen molar-refractivity contribution < 1.29 is 22.7 Å². The van der Waals surface area contributed by atoms with Gasteiger partial charge in [-0.05, 0) is 75.1 Å². The Morgan fingerprint density at radius 1 is 1.09 bits per heavy atom. The molecule has 2 aliphatic heterocycles. The highest BCUT2D eigenvalue weighted by Gasteiger charge is 2.33. The summed E-state index contributed by atoms with van der Waals surface area (Å²) in [5.41, 5.74) is 2.52. The second-order valence-electron chi connectivity index (χ2n) is 8.93. The van der Waals surface area contributed by atoms with Gasteiger partial charge >= 0.3 is 0 Å². The number of nitrogens with one attached hydrogen (secondary N) is 1. The van der Waals surface area contributed by atoms with Crippen molar-refractivity contribution in [3.05, 3.63) is 47.5 Å². The molecule has 182 valence electrons. The van der Waals surface area contributed by atoms with Crippen LogP contribution in [0.1, 0.15) is 54.9 Å². The minimum absolute atomic E-state index is 0.00419. The Morgan fingerprint density at radius 2 is 1.88 bits per heavy atom. The minimum Gasteiger partial charge on any atom is -0.495 e. The van der Waals surface area contributed by atoms with Crippen molar-refractivity contribution in [2.75, 3.05) is 30.4 Å². The van der Waals surface area contributed by atoms with Crippen LogP contribution in [0, 0.1) is 6.92 Å². The van der Waals surface area contributed by atoms with Gasteiger partial charge in [0.05, 0.1) is 7.11 Å². The predicted octanol–water partition coefficient (Wildman–Crippen LogP) is 3.95. The molecule has 2 amide bonds. The standard InChI is InChI=1S/C25H31N3O5S/c1-17-15-20(10-11-21(17)27-13-6-8-24(27)29)26-25(30)19-9-12-22(33-3)23(16-19)34(31,32)28-14-5-4-7-18(28)2/h9-12,15-16,18H,4-8,13-14H2,1-3H3,(H,26,30). The van der Waals surface area contributed by atoms with E-state index < -0.39 is 15.9 Å². The second-order valence-corrected chi connectivity index (χ2v) is 10.8. The minimum atomic E-state index is -3.82. The molecule has 2 fully saturated rings. The SMILES string of the molecule is COc1ccc(C(=O)Nc2ccc(N3CCCC3=O)c(C)c2)cc1S(=O)(=O)N1CCCCC1C. The number of carbonyl (C=O) groups excluding carboxylic acids is 2. The van der Waals surface area contributed by atoms with E-state index in [0.29, 0.717) is 25.2 Å². The first-order valence-corrected chi connectivity index (χ1v) is 13.1. The highest BCUT2D eigenvalue weighted by molar-refractivity contribution is 7.89. The molecule has 0 spiro atoms. The van der Waals surface area contributed by atoms with E-state index in [9.17, 15) is 18.0 Å². The number of benzene rings is 2. The van der Waals surface area contributed by atoms with Crippen LogP contribution in [-0.2, 0) is 14.8 Å². The lowest BCUT2D eigenvalue weighted by atomic mass is 10.1. The summed E-state index contributed by atoms with van der Waals surface area (Å²) in [5.74, 6) is -0.102. The predicted molar refractivity (Wildman–Crippen MR) is 131 cm³/mol. The maximum absolute atomic E-state index is 13.4. The van der Waals surface area contributed by atoms with Crippen LogP contribution >= 0.6 is 0 Å². The van der Waals surface area contributed by atoms with Crippen LogP contribution in [-0.4, -0.2) is 50.8 Å². The average Bonchev–Trinajstić information content (AvgIpc) is 3.24. The molecular formula is C25H31N3O5S. The fraction of sp³-hybridized carbons (Fsp3) is 0.440. The third kappa shape index (κ3) is 4.67. The maximum Gasteiger partial charge on any atom is 0.255 e. The Hall–Kier alpha value is -2.91. The molecule has 0 aliphatic carbocycles. The number of methoxy groups -OCH3 is 1. The van der Waals surface area contributed by atoms with Crippen LogP contribution in [0.4, 0.5) is 11.4 Å². The molecule has 2 aliphatic rings. The number of piperidine rings is 1. The van der Waals surface area contributed by atoms with E-state index in [-0.39, 0.29) is 28.2 Å². The fourth-order valence-corrected chi connectivity index (χ4v) is 6.60. The van der Waals surface area contributed by atoms with E-state index in [2.05, 4.69) is 5.32 Å². The Morgan fingerprint density at radius 3 is 2.53 bits per heavy atom. The molecule has 2 aromatic rings. The van der Waals surface area contributed by atoms with E-state index in [4.69, 9.17) is 4.74 Å². The highest BCUT2D eigenvalue weighted by atomic mass is 32.2. The Labute approximate surface area is 200 Å². The molecule has 0 radical (unpaired) electrons. The first-order valence-electron chi connectivity index (χ1n) is 11.6. The molecule has 34 heavy (non-hydrogen) atoms. The lowest BCUT2D eigenvalue weighted by Gasteiger charge is -2.32. The summed E-state index contributed by atoms with van der Waals surface area (Å²) in [7, 11) is -2.40. The number of rotatable bonds is 6. The van der Waals surface area contributed by atoms with Gasteiger partial charge in [-0.3, -0.25) is 9.59 Å². The first kappa shape index (κ1) is 24.2. The Balaban J connectivity index is 1.58. The van der Waals surface area contributed by atoms with E-state index in [1.54, 1.807) is 17.0 Å². The number of hydrogen-bond donors (Lipinski definition) is 1. The van der Waals surface area contributed by atoms with Crippen LogP contribution in [0.25, 0.3) is 0 Å². The normalized spacial score (nSPS) is 19.3. The topological polar surface area (TPSA) is 96.0 Å². The molecule has 0 aromatic heterocycles. The van der Waals surface area contributed by atoms with Gasteiger partial charge in [-0.15, -0.1) is 0 Å². The summed E-state index contributed by atoms with van der Waals surface area (Å²) in [4.78, 5) is 26.8. The molecule has 2 saturated heterocycles. The van der Waals surface area contributed by atoms with Gasteiger partial charge in [0.25, 0.3) is 5.91 Å². The zero-order valence-corrected chi connectivity index (χ0v) is 20.7. The third-order valence-corrected chi connectivity index (χ3v) is 8.61. The number of sulfonamides is 1. The monoisotopic (exact) mass is 485 g/mol. The number of ether oxygens (including phenoxy) is 1. The van der Waals surface area contributed by atoms with Crippen LogP contribution in [0.2, 0.25) is 0 Å².